The predicted octanol–water partition coefficient (Wildman–Crippen LogP) is 3.84. The van der Waals surface area contributed by atoms with Gasteiger partial charge in [0, 0.05) is 6.54 Å². The second kappa shape index (κ2) is 7.63. The minimum absolute atomic E-state index is 0.0112. The van der Waals surface area contributed by atoms with E-state index in [-0.39, 0.29) is 10.0 Å². The molecule has 0 atom stereocenters. The molecule has 0 amide bonds. The third kappa shape index (κ3) is 4.17. The number of halogens is 2. The largest absolute Gasteiger partial charge is 0.478 e. The average molecular weight is 336 g/mol. The second-order valence-corrected chi connectivity index (χ2v) is 5.76. The van der Waals surface area contributed by atoms with Gasteiger partial charge in [0.05, 0.1) is 15.7 Å². The monoisotopic (exact) mass is 335 g/mol. The number of hydrogen-bond donors (Lipinski definition) is 2. The third-order valence-electron chi connectivity index (χ3n) is 2.30. The summed E-state index contributed by atoms with van der Waals surface area (Å²) < 4.78 is 13.8. The first-order chi connectivity index (χ1) is 8.57. The summed E-state index contributed by atoms with van der Waals surface area (Å²) in [7, 11) is 0. The van der Waals surface area contributed by atoms with E-state index >= 15 is 0 Å². The predicted molar refractivity (Wildman–Crippen MR) is 77.2 cm³/mol. The fraction of sp³-hybridized carbons (Fsp3) is 0.417. The normalized spacial score (nSPS) is 10.4. The van der Waals surface area contributed by atoms with Crippen molar-refractivity contribution in [2.24, 2.45) is 0 Å². The molecule has 0 aliphatic carbocycles. The molecule has 1 aromatic rings. The number of nitrogens with one attached hydrogen (secondary N) is 1. The summed E-state index contributed by atoms with van der Waals surface area (Å²) >= 11 is 4.80. The highest BCUT2D eigenvalue weighted by molar-refractivity contribution is 9.10. The van der Waals surface area contributed by atoms with Gasteiger partial charge in [0.25, 0.3) is 0 Å². The first-order valence-electron chi connectivity index (χ1n) is 5.60. The van der Waals surface area contributed by atoms with E-state index < -0.39 is 11.8 Å². The summed E-state index contributed by atoms with van der Waals surface area (Å²) in [5.74, 6) is 0.400. The van der Waals surface area contributed by atoms with Crippen molar-refractivity contribution >= 4 is 39.3 Å². The molecule has 2 N–H and O–H groups in total. The van der Waals surface area contributed by atoms with E-state index in [0.717, 1.165) is 17.9 Å². The summed E-state index contributed by atoms with van der Waals surface area (Å²) in [6.07, 6.45) is 0.941. The zero-order chi connectivity index (χ0) is 13.5. The van der Waals surface area contributed by atoms with Crippen LogP contribution in [0.15, 0.2) is 16.6 Å². The molecule has 0 unspecified atom stereocenters. The molecule has 3 nitrogen and oxygen atoms in total. The first kappa shape index (κ1) is 15.3. The molecule has 0 radical (unpaired) electrons. The van der Waals surface area contributed by atoms with Crippen LogP contribution in [0.2, 0.25) is 0 Å². The number of anilines is 1. The van der Waals surface area contributed by atoms with Gasteiger partial charge in [-0.25, -0.2) is 9.18 Å². The van der Waals surface area contributed by atoms with Gasteiger partial charge in [-0.05, 0) is 46.0 Å². The van der Waals surface area contributed by atoms with Crippen LogP contribution in [0, 0.1) is 5.82 Å². The summed E-state index contributed by atoms with van der Waals surface area (Å²) in [5, 5.41) is 11.8. The Balaban J connectivity index is 2.62. The lowest BCUT2D eigenvalue weighted by Gasteiger charge is -2.09. The molecule has 1 aromatic carbocycles. The molecule has 100 valence electrons. The van der Waals surface area contributed by atoms with E-state index in [1.165, 1.54) is 12.1 Å². The average Bonchev–Trinajstić information content (AvgIpc) is 2.33. The van der Waals surface area contributed by atoms with Crippen molar-refractivity contribution < 1.29 is 14.3 Å². The van der Waals surface area contributed by atoms with Crippen molar-refractivity contribution in [1.29, 1.82) is 0 Å². The fourth-order valence-corrected chi connectivity index (χ4v) is 2.55. The van der Waals surface area contributed by atoms with Gasteiger partial charge < -0.3 is 10.4 Å². The Morgan fingerprint density at radius 3 is 2.89 bits per heavy atom. The van der Waals surface area contributed by atoms with Gasteiger partial charge in [-0.2, -0.15) is 11.8 Å². The van der Waals surface area contributed by atoms with Gasteiger partial charge in [0.1, 0.15) is 0 Å². The molecule has 6 heteroatoms. The van der Waals surface area contributed by atoms with Gasteiger partial charge in [0.15, 0.2) is 5.82 Å². The highest BCUT2D eigenvalue weighted by Crippen LogP contribution is 2.27. The number of carboxylic acids is 1. The number of hydrogen-bond acceptors (Lipinski definition) is 3. The minimum atomic E-state index is -1.15. The van der Waals surface area contributed by atoms with Crippen LogP contribution in [-0.4, -0.2) is 29.1 Å². The lowest BCUT2D eigenvalue weighted by atomic mass is 10.2. The number of benzene rings is 1. The lowest BCUT2D eigenvalue weighted by molar-refractivity contribution is 0.0695. The lowest BCUT2D eigenvalue weighted by Crippen LogP contribution is -2.07. The molecule has 0 saturated carbocycles. The van der Waals surface area contributed by atoms with E-state index in [2.05, 4.69) is 28.2 Å². The molecular formula is C12H15BrFNO2S. The van der Waals surface area contributed by atoms with Crippen LogP contribution in [0.1, 0.15) is 23.7 Å². The number of carbonyl (C=O) groups is 1. The van der Waals surface area contributed by atoms with E-state index in [1.807, 2.05) is 11.8 Å². The maximum Gasteiger partial charge on any atom is 0.336 e. The SMILES string of the molecule is CCSCCCNc1ccc(C(=O)O)c(Br)c1F. The Morgan fingerprint density at radius 1 is 1.56 bits per heavy atom. The molecule has 0 aliphatic heterocycles. The Labute approximate surface area is 118 Å². The molecule has 0 saturated heterocycles. The quantitative estimate of drug-likeness (QED) is 0.743. The standard InChI is InChI=1S/C12H15BrFNO2S/c1-2-18-7-3-6-15-9-5-4-8(12(16)17)10(13)11(9)14/h4-5,15H,2-3,6-7H2,1H3,(H,16,17). The Bertz CT molecular complexity index is 429. The summed E-state index contributed by atoms with van der Waals surface area (Å²) in [6, 6.07) is 2.84. The Hall–Kier alpha value is -0.750. The van der Waals surface area contributed by atoms with Gasteiger partial charge in [-0.15, -0.1) is 0 Å². The number of thioether (sulfide) groups is 1. The van der Waals surface area contributed by atoms with Crippen molar-refractivity contribution in [3.05, 3.63) is 28.0 Å². The smallest absolute Gasteiger partial charge is 0.336 e. The molecule has 0 aliphatic rings. The van der Waals surface area contributed by atoms with Gasteiger partial charge in [0.2, 0.25) is 0 Å². The van der Waals surface area contributed by atoms with Crippen LogP contribution in [0.5, 0.6) is 0 Å². The van der Waals surface area contributed by atoms with Crippen LogP contribution in [0.3, 0.4) is 0 Å². The van der Waals surface area contributed by atoms with Crippen LogP contribution >= 0.6 is 27.7 Å². The molecule has 0 spiro atoms. The number of carboxylic acid groups (broad SMARTS) is 1. The minimum Gasteiger partial charge on any atom is -0.478 e. The maximum absolute atomic E-state index is 13.8. The van der Waals surface area contributed by atoms with E-state index in [1.54, 1.807) is 0 Å². The summed E-state index contributed by atoms with van der Waals surface area (Å²) in [4.78, 5) is 10.8. The topological polar surface area (TPSA) is 49.3 Å². The molecule has 0 fully saturated rings. The van der Waals surface area contributed by atoms with Crippen LogP contribution < -0.4 is 5.32 Å². The fourth-order valence-electron chi connectivity index (χ4n) is 1.39. The van der Waals surface area contributed by atoms with Crippen molar-refractivity contribution in [3.8, 4) is 0 Å². The molecule has 0 heterocycles. The van der Waals surface area contributed by atoms with E-state index in [0.29, 0.717) is 12.2 Å². The number of aromatic carboxylic acids is 1. The highest BCUT2D eigenvalue weighted by Gasteiger charge is 2.15. The zero-order valence-corrected chi connectivity index (χ0v) is 12.4. The van der Waals surface area contributed by atoms with Crippen LogP contribution in [0.4, 0.5) is 10.1 Å². The Kier molecular flexibility index (Phi) is 6.49. The van der Waals surface area contributed by atoms with Crippen molar-refractivity contribution in [1.82, 2.24) is 0 Å². The summed E-state index contributed by atoms with van der Waals surface area (Å²) in [6.45, 7) is 2.77. The van der Waals surface area contributed by atoms with Crippen LogP contribution in [0.25, 0.3) is 0 Å². The molecule has 1 rings (SSSR count). The molecule has 0 bridgehead atoms. The summed E-state index contributed by atoms with van der Waals surface area (Å²) in [5.41, 5.74) is 0.257. The second-order valence-electron chi connectivity index (χ2n) is 3.57. The number of rotatable bonds is 7. The van der Waals surface area contributed by atoms with E-state index in [9.17, 15) is 9.18 Å². The van der Waals surface area contributed by atoms with Crippen molar-refractivity contribution in [3.63, 3.8) is 0 Å². The highest BCUT2D eigenvalue weighted by atomic mass is 79.9. The van der Waals surface area contributed by atoms with Crippen molar-refractivity contribution in [2.45, 2.75) is 13.3 Å². The van der Waals surface area contributed by atoms with Crippen LogP contribution in [-0.2, 0) is 0 Å². The third-order valence-corrected chi connectivity index (χ3v) is 4.06. The van der Waals surface area contributed by atoms with Gasteiger partial charge in [-0.1, -0.05) is 6.92 Å². The van der Waals surface area contributed by atoms with Gasteiger partial charge in [-0.3, -0.25) is 0 Å². The first-order valence-corrected chi connectivity index (χ1v) is 7.55. The van der Waals surface area contributed by atoms with Crippen molar-refractivity contribution in [2.75, 3.05) is 23.4 Å². The molecule has 18 heavy (non-hydrogen) atoms. The zero-order valence-electron chi connectivity index (χ0n) is 10.0. The van der Waals surface area contributed by atoms with E-state index in [4.69, 9.17) is 5.11 Å². The Morgan fingerprint density at radius 2 is 2.28 bits per heavy atom. The van der Waals surface area contributed by atoms with Gasteiger partial charge >= 0.3 is 5.97 Å². The molecule has 0 aromatic heterocycles. The maximum atomic E-state index is 13.8. The molecular weight excluding hydrogens is 321 g/mol.